The number of rotatable bonds is 4. The van der Waals surface area contributed by atoms with Crippen LogP contribution in [0.15, 0.2) is 47.4 Å². The maximum Gasteiger partial charge on any atom is 0.130 e. The van der Waals surface area contributed by atoms with Gasteiger partial charge in [-0.2, -0.15) is 0 Å². The molecule has 0 bridgehead atoms. The summed E-state index contributed by atoms with van der Waals surface area (Å²) in [4.78, 5) is 0.909. The van der Waals surface area contributed by atoms with E-state index < -0.39 is 17.7 Å². The molecule has 0 amide bonds. The molecule has 0 aromatic heterocycles. The number of thioether (sulfide) groups is 1. The van der Waals surface area contributed by atoms with E-state index in [0.717, 1.165) is 10.5 Å². The first kappa shape index (κ1) is 14.0. The second-order valence-corrected chi connectivity index (χ2v) is 5.28. The highest BCUT2D eigenvalue weighted by molar-refractivity contribution is 7.98. The van der Waals surface area contributed by atoms with Gasteiger partial charge in [-0.15, -0.1) is 11.8 Å². The normalized spacial score (nSPS) is 12.4. The zero-order chi connectivity index (χ0) is 13.8. The molecule has 1 nitrogen and oxygen atoms in total. The van der Waals surface area contributed by atoms with Gasteiger partial charge >= 0.3 is 0 Å². The fraction of sp³-hybridized carbons (Fsp3) is 0.200. The van der Waals surface area contributed by atoms with Gasteiger partial charge in [0.15, 0.2) is 0 Å². The first-order valence-corrected chi connectivity index (χ1v) is 6.90. The summed E-state index contributed by atoms with van der Waals surface area (Å²) in [5, 5.41) is 9.39. The molecule has 2 aromatic rings. The third-order valence-electron chi connectivity index (χ3n) is 2.81. The molecule has 0 spiro atoms. The molecule has 0 heterocycles. The van der Waals surface area contributed by atoms with E-state index in [2.05, 4.69) is 0 Å². The fourth-order valence-corrected chi connectivity index (χ4v) is 2.58. The molecule has 1 atom stereocenters. The highest BCUT2D eigenvalue weighted by atomic mass is 32.2. The minimum atomic E-state index is -0.520. The Morgan fingerprint density at radius 1 is 1.05 bits per heavy atom. The molecule has 0 aliphatic rings. The second-order valence-electron chi connectivity index (χ2n) is 4.23. The third-order valence-corrected chi connectivity index (χ3v) is 3.85. The molecule has 100 valence electrons. The fourth-order valence-electron chi connectivity index (χ4n) is 1.67. The summed E-state index contributed by atoms with van der Waals surface area (Å²) in [7, 11) is 0. The van der Waals surface area contributed by atoms with Crippen LogP contribution in [0.3, 0.4) is 0 Å². The molecule has 4 heteroatoms. The Balaban J connectivity index is 2.06. The Morgan fingerprint density at radius 3 is 2.16 bits per heavy atom. The Hall–Kier alpha value is -1.39. The van der Waals surface area contributed by atoms with Crippen molar-refractivity contribution in [1.29, 1.82) is 0 Å². The summed E-state index contributed by atoms with van der Waals surface area (Å²) >= 11 is 1.36. The molecule has 0 saturated heterocycles. The predicted molar refractivity (Wildman–Crippen MR) is 73.0 cm³/mol. The second kappa shape index (κ2) is 6.17. The van der Waals surface area contributed by atoms with Crippen LogP contribution in [0.2, 0.25) is 0 Å². The van der Waals surface area contributed by atoms with Gasteiger partial charge in [0.2, 0.25) is 0 Å². The van der Waals surface area contributed by atoms with Crippen LogP contribution in [-0.2, 0) is 5.75 Å². The van der Waals surface area contributed by atoms with Crippen molar-refractivity contribution in [2.75, 3.05) is 0 Å². The van der Waals surface area contributed by atoms with E-state index in [-0.39, 0.29) is 11.3 Å². The maximum atomic E-state index is 13.4. The van der Waals surface area contributed by atoms with Crippen molar-refractivity contribution in [3.63, 3.8) is 0 Å². The number of hydrogen-bond donors (Lipinski definition) is 1. The summed E-state index contributed by atoms with van der Waals surface area (Å²) in [5.41, 5.74) is 0.911. The van der Waals surface area contributed by atoms with E-state index in [1.54, 1.807) is 6.92 Å². The number of aliphatic hydroxyl groups excluding tert-OH is 1. The van der Waals surface area contributed by atoms with Crippen molar-refractivity contribution in [3.05, 3.63) is 65.2 Å². The van der Waals surface area contributed by atoms with Crippen molar-refractivity contribution < 1.29 is 13.9 Å². The largest absolute Gasteiger partial charge is 0.389 e. The van der Waals surface area contributed by atoms with E-state index in [9.17, 15) is 13.9 Å². The lowest BCUT2D eigenvalue weighted by Gasteiger charge is -2.07. The lowest BCUT2D eigenvalue weighted by molar-refractivity contribution is 0.199. The Labute approximate surface area is 115 Å². The highest BCUT2D eigenvalue weighted by Gasteiger charge is 2.09. The predicted octanol–water partition coefficient (Wildman–Crippen LogP) is 4.31. The van der Waals surface area contributed by atoms with E-state index >= 15 is 0 Å². The van der Waals surface area contributed by atoms with Crippen molar-refractivity contribution in [3.8, 4) is 0 Å². The van der Waals surface area contributed by atoms with Crippen molar-refractivity contribution in [2.24, 2.45) is 0 Å². The van der Waals surface area contributed by atoms with Crippen LogP contribution in [0.25, 0.3) is 0 Å². The van der Waals surface area contributed by atoms with Gasteiger partial charge < -0.3 is 5.11 Å². The first-order valence-electron chi connectivity index (χ1n) is 5.91. The third kappa shape index (κ3) is 3.55. The number of halogens is 2. The molecular formula is C15H14F2OS. The number of benzene rings is 2. The van der Waals surface area contributed by atoms with Crippen molar-refractivity contribution in [1.82, 2.24) is 0 Å². The molecule has 2 rings (SSSR count). The van der Waals surface area contributed by atoms with Gasteiger partial charge in [0.1, 0.15) is 11.6 Å². The van der Waals surface area contributed by atoms with Crippen LogP contribution in [0, 0.1) is 11.6 Å². The molecular weight excluding hydrogens is 266 g/mol. The monoisotopic (exact) mass is 280 g/mol. The van der Waals surface area contributed by atoms with Crippen LogP contribution >= 0.6 is 11.8 Å². The molecule has 0 fully saturated rings. The lowest BCUT2D eigenvalue weighted by atomic mass is 10.1. The van der Waals surface area contributed by atoms with Gasteiger partial charge in [-0.05, 0) is 36.8 Å². The van der Waals surface area contributed by atoms with Crippen LogP contribution in [0.1, 0.15) is 24.2 Å². The van der Waals surface area contributed by atoms with Crippen molar-refractivity contribution >= 4 is 11.8 Å². The van der Waals surface area contributed by atoms with Gasteiger partial charge in [0, 0.05) is 16.2 Å². The highest BCUT2D eigenvalue weighted by Crippen LogP contribution is 2.26. The lowest BCUT2D eigenvalue weighted by Crippen LogP contribution is -1.93. The molecule has 19 heavy (non-hydrogen) atoms. The van der Waals surface area contributed by atoms with Crippen LogP contribution < -0.4 is 0 Å². The Kier molecular flexibility index (Phi) is 4.56. The molecule has 1 unspecified atom stereocenters. The summed E-state index contributed by atoms with van der Waals surface area (Å²) < 4.78 is 26.9. The van der Waals surface area contributed by atoms with Crippen molar-refractivity contribution in [2.45, 2.75) is 23.7 Å². The van der Waals surface area contributed by atoms with Crippen LogP contribution in [0.5, 0.6) is 0 Å². The zero-order valence-electron chi connectivity index (χ0n) is 10.4. The van der Waals surface area contributed by atoms with Gasteiger partial charge in [-0.3, -0.25) is 0 Å². The molecule has 0 aliphatic carbocycles. The maximum absolute atomic E-state index is 13.4. The number of aliphatic hydroxyl groups is 1. The molecule has 0 radical (unpaired) electrons. The smallest absolute Gasteiger partial charge is 0.130 e. The van der Waals surface area contributed by atoms with Gasteiger partial charge in [-0.1, -0.05) is 18.2 Å². The quantitative estimate of drug-likeness (QED) is 0.842. The summed E-state index contributed by atoms with van der Waals surface area (Å²) in [5.74, 6) is -0.798. The summed E-state index contributed by atoms with van der Waals surface area (Å²) in [6.45, 7) is 1.69. The van der Waals surface area contributed by atoms with Gasteiger partial charge in [-0.25, -0.2) is 8.78 Å². The minimum absolute atomic E-state index is 0.0899. The van der Waals surface area contributed by atoms with E-state index in [1.807, 2.05) is 24.3 Å². The molecule has 2 aromatic carbocycles. The van der Waals surface area contributed by atoms with Crippen LogP contribution in [0.4, 0.5) is 8.78 Å². The molecule has 0 saturated carbocycles. The molecule has 1 N–H and O–H groups in total. The van der Waals surface area contributed by atoms with E-state index in [0.29, 0.717) is 0 Å². The first-order chi connectivity index (χ1) is 9.08. The van der Waals surface area contributed by atoms with E-state index in [1.165, 1.54) is 30.0 Å². The summed E-state index contributed by atoms with van der Waals surface area (Å²) in [6, 6.07) is 11.2. The number of hydrogen-bond acceptors (Lipinski definition) is 2. The average Bonchev–Trinajstić information content (AvgIpc) is 2.38. The van der Waals surface area contributed by atoms with Gasteiger partial charge in [0.25, 0.3) is 0 Å². The molecule has 0 aliphatic heterocycles. The minimum Gasteiger partial charge on any atom is -0.389 e. The Bertz CT molecular complexity index is 532. The Morgan fingerprint density at radius 2 is 1.63 bits per heavy atom. The SMILES string of the molecule is CC(O)c1ccc(SCc2c(F)cccc2F)cc1. The van der Waals surface area contributed by atoms with E-state index in [4.69, 9.17) is 0 Å². The topological polar surface area (TPSA) is 20.2 Å². The zero-order valence-corrected chi connectivity index (χ0v) is 11.3. The standard InChI is InChI=1S/C15H14F2OS/c1-10(18)11-5-7-12(8-6-11)19-9-13-14(16)3-2-4-15(13)17/h2-8,10,18H,9H2,1H3. The summed E-state index contributed by atoms with van der Waals surface area (Å²) in [6.07, 6.45) is -0.511. The van der Waals surface area contributed by atoms with Crippen LogP contribution in [-0.4, -0.2) is 5.11 Å². The average molecular weight is 280 g/mol. The van der Waals surface area contributed by atoms with Gasteiger partial charge in [0.05, 0.1) is 6.10 Å².